The van der Waals surface area contributed by atoms with Crippen molar-refractivity contribution in [3.63, 3.8) is 0 Å². The first-order chi connectivity index (χ1) is 10.7. The lowest BCUT2D eigenvalue weighted by atomic mass is 9.84. The molecule has 2 amide bonds. The monoisotopic (exact) mass is 307 g/mol. The molecule has 1 saturated heterocycles. The van der Waals surface area contributed by atoms with Crippen molar-refractivity contribution in [1.29, 1.82) is 0 Å². The van der Waals surface area contributed by atoms with Gasteiger partial charge >= 0.3 is 0 Å². The number of hydrogen-bond donors (Lipinski definition) is 2. The van der Waals surface area contributed by atoms with Crippen LogP contribution in [0.15, 0.2) is 0 Å². The van der Waals surface area contributed by atoms with Crippen LogP contribution in [-0.4, -0.2) is 41.9 Å². The quantitative estimate of drug-likeness (QED) is 0.824. The minimum atomic E-state index is -0.159. The molecule has 5 heteroatoms. The molecule has 0 aromatic carbocycles. The molecule has 124 valence electrons. The first-order valence-corrected chi connectivity index (χ1v) is 8.99. The van der Waals surface area contributed by atoms with Crippen molar-refractivity contribution in [3.05, 3.63) is 0 Å². The first kappa shape index (κ1) is 15.8. The van der Waals surface area contributed by atoms with E-state index in [1.54, 1.807) is 0 Å². The zero-order chi connectivity index (χ0) is 15.5. The van der Waals surface area contributed by atoms with Gasteiger partial charge in [-0.2, -0.15) is 0 Å². The molecule has 1 heterocycles. The van der Waals surface area contributed by atoms with Gasteiger partial charge in [0, 0.05) is 25.0 Å². The second kappa shape index (κ2) is 6.99. The molecule has 3 aliphatic rings. The van der Waals surface area contributed by atoms with Gasteiger partial charge in [0.25, 0.3) is 0 Å². The van der Waals surface area contributed by atoms with Crippen molar-refractivity contribution in [2.45, 2.75) is 69.9 Å². The van der Waals surface area contributed by atoms with E-state index < -0.39 is 0 Å². The van der Waals surface area contributed by atoms with E-state index in [2.05, 4.69) is 5.32 Å². The number of nitrogens with one attached hydrogen (secondary N) is 1. The summed E-state index contributed by atoms with van der Waals surface area (Å²) >= 11 is 0. The van der Waals surface area contributed by atoms with E-state index in [9.17, 15) is 9.59 Å². The molecule has 3 rings (SSSR count). The summed E-state index contributed by atoms with van der Waals surface area (Å²) < 4.78 is 0. The van der Waals surface area contributed by atoms with Crippen molar-refractivity contribution >= 4 is 11.8 Å². The maximum absolute atomic E-state index is 12.6. The van der Waals surface area contributed by atoms with Gasteiger partial charge in [-0.05, 0) is 38.1 Å². The number of carbonyl (C=O) groups is 2. The summed E-state index contributed by atoms with van der Waals surface area (Å²) in [6, 6.07) is 0.596. The molecule has 22 heavy (non-hydrogen) atoms. The Labute approximate surface area is 133 Å². The number of nitrogens with two attached hydrogens (primary N) is 1. The van der Waals surface area contributed by atoms with Crippen LogP contribution >= 0.6 is 0 Å². The second-order valence-electron chi connectivity index (χ2n) is 7.28. The van der Waals surface area contributed by atoms with E-state index in [1.165, 1.54) is 25.7 Å². The fourth-order valence-corrected chi connectivity index (χ4v) is 4.46. The lowest BCUT2D eigenvalue weighted by Crippen LogP contribution is -2.47. The summed E-state index contributed by atoms with van der Waals surface area (Å²) in [4.78, 5) is 26.7. The second-order valence-corrected chi connectivity index (χ2v) is 7.28. The molecule has 0 spiro atoms. The van der Waals surface area contributed by atoms with Gasteiger partial charge in [0.1, 0.15) is 0 Å². The Morgan fingerprint density at radius 1 is 1.14 bits per heavy atom. The highest BCUT2D eigenvalue weighted by atomic mass is 16.2. The average Bonchev–Trinajstić information content (AvgIpc) is 3.16. The molecule has 2 aliphatic carbocycles. The first-order valence-electron chi connectivity index (χ1n) is 8.99. The minimum Gasteiger partial charge on any atom is -0.353 e. The van der Waals surface area contributed by atoms with Gasteiger partial charge in [-0.3, -0.25) is 9.59 Å². The smallest absolute Gasteiger partial charge is 0.225 e. The molecule has 0 aromatic heterocycles. The number of amides is 2. The van der Waals surface area contributed by atoms with Crippen molar-refractivity contribution in [1.82, 2.24) is 10.2 Å². The van der Waals surface area contributed by atoms with Crippen molar-refractivity contribution < 1.29 is 9.59 Å². The molecule has 3 unspecified atom stereocenters. The predicted octanol–water partition coefficient (Wildman–Crippen LogP) is 1.41. The van der Waals surface area contributed by atoms with Gasteiger partial charge in [-0.1, -0.05) is 25.7 Å². The molecule has 3 fully saturated rings. The van der Waals surface area contributed by atoms with Crippen LogP contribution in [0.5, 0.6) is 0 Å². The fraction of sp³-hybridized carbons (Fsp3) is 0.882. The van der Waals surface area contributed by atoms with Crippen molar-refractivity contribution in [2.24, 2.45) is 17.6 Å². The van der Waals surface area contributed by atoms with Crippen LogP contribution in [0.1, 0.15) is 57.8 Å². The van der Waals surface area contributed by atoms with E-state index in [0.29, 0.717) is 31.5 Å². The summed E-state index contributed by atoms with van der Waals surface area (Å²) in [7, 11) is 0. The Balaban J connectivity index is 1.55. The summed E-state index contributed by atoms with van der Waals surface area (Å²) in [5, 5.41) is 3.20. The van der Waals surface area contributed by atoms with Crippen LogP contribution in [0.3, 0.4) is 0 Å². The van der Waals surface area contributed by atoms with Crippen LogP contribution in [0.25, 0.3) is 0 Å². The third-order valence-corrected chi connectivity index (χ3v) is 5.83. The molecular formula is C17H29N3O2. The highest BCUT2D eigenvalue weighted by Crippen LogP contribution is 2.30. The Kier molecular flexibility index (Phi) is 5.01. The molecule has 1 aliphatic heterocycles. The lowest BCUT2D eigenvalue weighted by Gasteiger charge is -2.32. The standard InChI is InChI=1S/C17H29N3O2/c18-10-12-5-1-4-8-15(12)19-17(22)13-9-16(21)20(11-13)14-6-2-3-7-14/h12-15H,1-11,18H2,(H,19,22). The van der Waals surface area contributed by atoms with E-state index in [4.69, 9.17) is 5.73 Å². The lowest BCUT2D eigenvalue weighted by molar-refractivity contribution is -0.130. The van der Waals surface area contributed by atoms with Crippen LogP contribution in [0.2, 0.25) is 0 Å². The predicted molar refractivity (Wildman–Crippen MR) is 85.0 cm³/mol. The summed E-state index contributed by atoms with van der Waals surface area (Å²) in [5.74, 6) is 0.486. The zero-order valence-electron chi connectivity index (χ0n) is 13.4. The SMILES string of the molecule is NCC1CCCCC1NC(=O)C1CC(=O)N(C2CCCC2)C1. The third-order valence-electron chi connectivity index (χ3n) is 5.83. The Morgan fingerprint density at radius 3 is 2.55 bits per heavy atom. The van der Waals surface area contributed by atoms with Gasteiger partial charge in [-0.25, -0.2) is 0 Å². The molecule has 3 atom stereocenters. The fourth-order valence-electron chi connectivity index (χ4n) is 4.46. The summed E-state index contributed by atoms with van der Waals surface area (Å²) in [6.45, 7) is 1.26. The highest BCUT2D eigenvalue weighted by molar-refractivity contribution is 5.89. The van der Waals surface area contributed by atoms with Gasteiger partial charge < -0.3 is 16.0 Å². The largest absolute Gasteiger partial charge is 0.353 e. The van der Waals surface area contributed by atoms with Gasteiger partial charge in [0.2, 0.25) is 11.8 Å². The molecule has 5 nitrogen and oxygen atoms in total. The van der Waals surface area contributed by atoms with E-state index in [0.717, 1.165) is 25.7 Å². The molecule has 2 saturated carbocycles. The highest BCUT2D eigenvalue weighted by Gasteiger charge is 2.39. The van der Waals surface area contributed by atoms with Crippen LogP contribution in [0.4, 0.5) is 0 Å². The number of rotatable bonds is 4. The normalized spacial score (nSPS) is 33.4. The number of hydrogen-bond acceptors (Lipinski definition) is 3. The molecule has 0 radical (unpaired) electrons. The molecular weight excluding hydrogens is 278 g/mol. The Morgan fingerprint density at radius 2 is 1.82 bits per heavy atom. The zero-order valence-corrected chi connectivity index (χ0v) is 13.4. The topological polar surface area (TPSA) is 75.4 Å². The Hall–Kier alpha value is -1.10. The van der Waals surface area contributed by atoms with Gasteiger partial charge in [0.15, 0.2) is 0 Å². The maximum Gasteiger partial charge on any atom is 0.225 e. The summed E-state index contributed by atoms with van der Waals surface area (Å²) in [5.41, 5.74) is 5.84. The third kappa shape index (κ3) is 3.29. The number of nitrogens with zero attached hydrogens (tertiary/aromatic N) is 1. The Bertz CT molecular complexity index is 420. The van der Waals surface area contributed by atoms with Crippen molar-refractivity contribution in [2.75, 3.05) is 13.1 Å². The molecule has 3 N–H and O–H groups in total. The summed E-state index contributed by atoms with van der Waals surface area (Å²) in [6.07, 6.45) is 9.56. The van der Waals surface area contributed by atoms with Gasteiger partial charge in [-0.15, -0.1) is 0 Å². The minimum absolute atomic E-state index is 0.0687. The number of carbonyl (C=O) groups excluding carboxylic acids is 2. The van der Waals surface area contributed by atoms with Crippen LogP contribution < -0.4 is 11.1 Å². The maximum atomic E-state index is 12.6. The van der Waals surface area contributed by atoms with Crippen molar-refractivity contribution in [3.8, 4) is 0 Å². The van der Waals surface area contributed by atoms with Crippen LogP contribution in [-0.2, 0) is 9.59 Å². The average molecular weight is 307 g/mol. The molecule has 0 aromatic rings. The van der Waals surface area contributed by atoms with E-state index in [-0.39, 0.29) is 23.8 Å². The van der Waals surface area contributed by atoms with E-state index in [1.807, 2.05) is 4.90 Å². The van der Waals surface area contributed by atoms with E-state index >= 15 is 0 Å². The number of likely N-dealkylation sites (tertiary alicyclic amines) is 1. The van der Waals surface area contributed by atoms with Crippen LogP contribution in [0, 0.1) is 11.8 Å². The molecule has 0 bridgehead atoms. The van der Waals surface area contributed by atoms with Gasteiger partial charge in [0.05, 0.1) is 5.92 Å².